The lowest BCUT2D eigenvalue weighted by atomic mass is 10.1. The van der Waals surface area contributed by atoms with E-state index in [0.717, 1.165) is 11.3 Å². The molecule has 0 aromatic heterocycles. The molecule has 0 amide bonds. The van der Waals surface area contributed by atoms with E-state index in [1.807, 2.05) is 45.0 Å². The SMILES string of the molecule is CCOc1ccc(C(N)COCCOC(C)C)cc1. The highest BCUT2D eigenvalue weighted by atomic mass is 16.5. The second kappa shape index (κ2) is 8.91. The molecule has 0 saturated carbocycles. The molecule has 0 aliphatic heterocycles. The van der Waals surface area contributed by atoms with Crippen molar-refractivity contribution in [3.05, 3.63) is 29.8 Å². The van der Waals surface area contributed by atoms with Gasteiger partial charge in [0.2, 0.25) is 0 Å². The second-order valence-electron chi connectivity index (χ2n) is 4.60. The molecule has 4 heteroatoms. The average molecular weight is 267 g/mol. The highest BCUT2D eigenvalue weighted by Gasteiger charge is 2.06. The van der Waals surface area contributed by atoms with E-state index in [-0.39, 0.29) is 12.1 Å². The molecule has 0 bridgehead atoms. The Hall–Kier alpha value is -1.10. The van der Waals surface area contributed by atoms with Crippen LogP contribution in [0.4, 0.5) is 0 Å². The quantitative estimate of drug-likeness (QED) is 0.699. The fourth-order valence-electron chi connectivity index (χ4n) is 1.63. The Balaban J connectivity index is 2.26. The standard InChI is InChI=1S/C15H25NO3/c1-4-18-14-7-5-13(6-8-14)15(16)11-17-9-10-19-12(2)3/h5-8,12,15H,4,9-11,16H2,1-3H3. The summed E-state index contributed by atoms with van der Waals surface area (Å²) in [5.41, 5.74) is 7.10. The lowest BCUT2D eigenvalue weighted by Gasteiger charge is -2.14. The first-order valence-corrected chi connectivity index (χ1v) is 6.81. The van der Waals surface area contributed by atoms with Gasteiger partial charge >= 0.3 is 0 Å². The Labute approximate surface area is 115 Å². The zero-order valence-corrected chi connectivity index (χ0v) is 12.1. The third-order valence-corrected chi connectivity index (χ3v) is 2.60. The molecule has 19 heavy (non-hydrogen) atoms. The normalized spacial score (nSPS) is 12.7. The molecule has 1 atom stereocenters. The number of rotatable bonds is 9. The fraction of sp³-hybridized carbons (Fsp3) is 0.600. The van der Waals surface area contributed by atoms with Crippen molar-refractivity contribution in [2.24, 2.45) is 5.73 Å². The molecule has 4 nitrogen and oxygen atoms in total. The van der Waals surface area contributed by atoms with Crippen molar-refractivity contribution in [3.63, 3.8) is 0 Å². The maximum atomic E-state index is 6.05. The summed E-state index contributed by atoms with van der Waals surface area (Å²) in [6, 6.07) is 7.70. The van der Waals surface area contributed by atoms with Crippen LogP contribution in [0.1, 0.15) is 32.4 Å². The predicted molar refractivity (Wildman–Crippen MR) is 76.4 cm³/mol. The first-order chi connectivity index (χ1) is 9.13. The van der Waals surface area contributed by atoms with E-state index >= 15 is 0 Å². The van der Waals surface area contributed by atoms with Crippen LogP contribution in [0.5, 0.6) is 5.75 Å². The van der Waals surface area contributed by atoms with Crippen LogP contribution in [0.2, 0.25) is 0 Å². The highest BCUT2D eigenvalue weighted by Crippen LogP contribution is 2.16. The summed E-state index contributed by atoms with van der Waals surface area (Å²) in [5.74, 6) is 0.865. The van der Waals surface area contributed by atoms with E-state index < -0.39 is 0 Å². The van der Waals surface area contributed by atoms with Gasteiger partial charge in [-0.1, -0.05) is 12.1 Å². The molecule has 2 N–H and O–H groups in total. The Bertz CT molecular complexity index is 338. The van der Waals surface area contributed by atoms with Crippen molar-refractivity contribution in [2.75, 3.05) is 26.4 Å². The van der Waals surface area contributed by atoms with E-state index in [1.165, 1.54) is 0 Å². The minimum absolute atomic E-state index is 0.116. The average Bonchev–Trinajstić information content (AvgIpc) is 2.39. The summed E-state index contributed by atoms with van der Waals surface area (Å²) in [5, 5.41) is 0. The van der Waals surface area contributed by atoms with Crippen LogP contribution >= 0.6 is 0 Å². The van der Waals surface area contributed by atoms with Crippen LogP contribution < -0.4 is 10.5 Å². The monoisotopic (exact) mass is 267 g/mol. The first-order valence-electron chi connectivity index (χ1n) is 6.81. The summed E-state index contributed by atoms with van der Waals surface area (Å²) in [4.78, 5) is 0. The molecule has 0 spiro atoms. The number of hydrogen-bond donors (Lipinski definition) is 1. The maximum Gasteiger partial charge on any atom is 0.119 e. The van der Waals surface area contributed by atoms with E-state index in [4.69, 9.17) is 19.9 Å². The number of nitrogens with two attached hydrogens (primary N) is 1. The van der Waals surface area contributed by atoms with Crippen molar-refractivity contribution < 1.29 is 14.2 Å². The predicted octanol–water partition coefficient (Wildman–Crippen LogP) is 2.53. The molecule has 0 heterocycles. The number of hydrogen-bond acceptors (Lipinski definition) is 4. The van der Waals surface area contributed by atoms with Crippen LogP contribution in [0.15, 0.2) is 24.3 Å². The zero-order chi connectivity index (χ0) is 14.1. The minimum atomic E-state index is -0.116. The van der Waals surface area contributed by atoms with Crippen LogP contribution in [-0.4, -0.2) is 32.5 Å². The summed E-state index contributed by atoms with van der Waals surface area (Å²) in [7, 11) is 0. The molecule has 1 unspecified atom stereocenters. The van der Waals surface area contributed by atoms with Crippen molar-refractivity contribution in [1.82, 2.24) is 0 Å². The van der Waals surface area contributed by atoms with Gasteiger partial charge in [0, 0.05) is 0 Å². The van der Waals surface area contributed by atoms with Gasteiger partial charge in [0.15, 0.2) is 0 Å². The Morgan fingerprint density at radius 3 is 2.37 bits per heavy atom. The van der Waals surface area contributed by atoms with E-state index in [9.17, 15) is 0 Å². The third-order valence-electron chi connectivity index (χ3n) is 2.60. The molecule has 108 valence electrons. The zero-order valence-electron chi connectivity index (χ0n) is 12.1. The van der Waals surface area contributed by atoms with Crippen LogP contribution in [-0.2, 0) is 9.47 Å². The van der Waals surface area contributed by atoms with Gasteiger partial charge < -0.3 is 19.9 Å². The molecule has 0 radical (unpaired) electrons. The highest BCUT2D eigenvalue weighted by molar-refractivity contribution is 5.29. The molecule has 0 saturated heterocycles. The molecule has 1 rings (SSSR count). The summed E-state index contributed by atoms with van der Waals surface area (Å²) in [6.07, 6.45) is 0.239. The fourth-order valence-corrected chi connectivity index (χ4v) is 1.63. The minimum Gasteiger partial charge on any atom is -0.494 e. The van der Waals surface area contributed by atoms with Crippen molar-refractivity contribution in [1.29, 1.82) is 0 Å². The van der Waals surface area contributed by atoms with Crippen LogP contribution in [0, 0.1) is 0 Å². The Morgan fingerprint density at radius 1 is 1.11 bits per heavy atom. The van der Waals surface area contributed by atoms with Crippen molar-refractivity contribution >= 4 is 0 Å². The molecule has 0 aliphatic rings. The molecule has 0 aliphatic carbocycles. The molecule has 1 aromatic carbocycles. The third kappa shape index (κ3) is 6.57. The maximum absolute atomic E-state index is 6.05. The molecule has 0 fully saturated rings. The van der Waals surface area contributed by atoms with Gasteiger partial charge in [-0.25, -0.2) is 0 Å². The van der Waals surface area contributed by atoms with E-state index in [2.05, 4.69) is 0 Å². The smallest absolute Gasteiger partial charge is 0.119 e. The van der Waals surface area contributed by atoms with E-state index in [1.54, 1.807) is 0 Å². The number of ether oxygens (including phenoxy) is 3. The topological polar surface area (TPSA) is 53.7 Å². The second-order valence-corrected chi connectivity index (χ2v) is 4.60. The Morgan fingerprint density at radius 2 is 1.79 bits per heavy atom. The van der Waals surface area contributed by atoms with Gasteiger partial charge in [0.05, 0.1) is 38.6 Å². The molecular weight excluding hydrogens is 242 g/mol. The van der Waals surface area contributed by atoms with Gasteiger partial charge in [-0.05, 0) is 38.5 Å². The van der Waals surface area contributed by atoms with Crippen molar-refractivity contribution in [2.45, 2.75) is 32.9 Å². The number of benzene rings is 1. The van der Waals surface area contributed by atoms with E-state index in [0.29, 0.717) is 26.4 Å². The lowest BCUT2D eigenvalue weighted by Crippen LogP contribution is -2.19. The van der Waals surface area contributed by atoms with Gasteiger partial charge in [0.1, 0.15) is 5.75 Å². The first kappa shape index (κ1) is 16.0. The molecule has 1 aromatic rings. The van der Waals surface area contributed by atoms with Crippen LogP contribution in [0.3, 0.4) is 0 Å². The lowest BCUT2D eigenvalue weighted by molar-refractivity contribution is 0.0161. The van der Waals surface area contributed by atoms with Gasteiger partial charge in [-0.2, -0.15) is 0 Å². The largest absolute Gasteiger partial charge is 0.494 e. The molecular formula is C15H25NO3. The summed E-state index contributed by atoms with van der Waals surface area (Å²) < 4.78 is 16.3. The Kier molecular flexibility index (Phi) is 7.48. The van der Waals surface area contributed by atoms with Gasteiger partial charge in [0.25, 0.3) is 0 Å². The summed E-state index contributed by atoms with van der Waals surface area (Å²) in [6.45, 7) is 8.32. The van der Waals surface area contributed by atoms with Crippen LogP contribution in [0.25, 0.3) is 0 Å². The van der Waals surface area contributed by atoms with Gasteiger partial charge in [-0.3, -0.25) is 0 Å². The van der Waals surface area contributed by atoms with Gasteiger partial charge in [-0.15, -0.1) is 0 Å². The summed E-state index contributed by atoms with van der Waals surface area (Å²) >= 11 is 0. The van der Waals surface area contributed by atoms with Crippen molar-refractivity contribution in [3.8, 4) is 5.75 Å².